The van der Waals surface area contributed by atoms with Crippen LogP contribution in [-0.2, 0) is 14.3 Å². The first kappa shape index (κ1) is 25.9. The van der Waals surface area contributed by atoms with Crippen LogP contribution in [-0.4, -0.2) is 87.7 Å². The Kier molecular flexibility index (Phi) is 11.6. The fourth-order valence-corrected chi connectivity index (χ4v) is 4.26. The van der Waals surface area contributed by atoms with Crippen LogP contribution in [0.3, 0.4) is 0 Å². The number of nitrogens with zero attached hydrogens (tertiary/aromatic N) is 2. The molecule has 0 bridgehead atoms. The van der Waals surface area contributed by atoms with E-state index in [-0.39, 0.29) is 17.7 Å². The molecule has 0 saturated carbocycles. The van der Waals surface area contributed by atoms with Crippen LogP contribution in [0, 0.1) is 0 Å². The van der Waals surface area contributed by atoms with E-state index in [9.17, 15) is 9.59 Å². The molecule has 0 radical (unpaired) electrons. The first-order chi connectivity index (χ1) is 14.9. The van der Waals surface area contributed by atoms with E-state index in [1.165, 1.54) is 0 Å². The summed E-state index contributed by atoms with van der Waals surface area (Å²) in [6.07, 6.45) is 1.94. The summed E-state index contributed by atoms with van der Waals surface area (Å²) >= 11 is 12.4. The number of amides is 2. The number of carbonyl (C=O) groups is 2. The summed E-state index contributed by atoms with van der Waals surface area (Å²) in [6, 6.07) is 5.53. The Morgan fingerprint density at radius 3 is 2.23 bits per heavy atom. The van der Waals surface area contributed by atoms with Crippen LogP contribution in [0.2, 0.25) is 10.0 Å². The van der Waals surface area contributed by atoms with Crippen molar-refractivity contribution in [2.24, 2.45) is 0 Å². The Labute approximate surface area is 195 Å². The number of carbonyl (C=O) groups excluding carboxylic acids is 2. The van der Waals surface area contributed by atoms with Crippen LogP contribution in [0.15, 0.2) is 18.2 Å². The second kappa shape index (κ2) is 13.9. The molecule has 0 spiro atoms. The van der Waals surface area contributed by atoms with Crippen LogP contribution >= 0.6 is 23.2 Å². The lowest BCUT2D eigenvalue weighted by molar-refractivity contribution is -0.125. The number of nitrogens with one attached hydrogen (secondary N) is 2. The van der Waals surface area contributed by atoms with Crippen molar-refractivity contribution in [2.75, 3.05) is 66.1 Å². The van der Waals surface area contributed by atoms with Gasteiger partial charge in [-0.25, -0.2) is 0 Å². The number of piperazine rings is 1. The third kappa shape index (κ3) is 9.33. The fraction of sp³-hybridized carbons (Fsp3) is 0.636. The molecule has 2 amide bonds. The first-order valence-corrected chi connectivity index (χ1v) is 11.6. The third-order valence-electron chi connectivity index (χ3n) is 5.41. The zero-order valence-electron chi connectivity index (χ0n) is 18.5. The predicted octanol–water partition coefficient (Wildman–Crippen LogP) is 2.37. The van der Waals surface area contributed by atoms with Crippen LogP contribution in [0.5, 0.6) is 0 Å². The standard InChI is InChI=1S/C22H34Cl2N4O3/c1-3-4-17(19-6-5-18(23)13-20(19)24)14-26-22(30)16-28-10-8-27(9-11-28)15-21(29)25-7-12-31-2/h5-6,13,17H,3-4,7-12,14-16H2,1-2H3,(H,25,29)(H,26,30)/t17-/m0/s1. The number of benzene rings is 1. The molecule has 1 aromatic carbocycles. The molecule has 2 N–H and O–H groups in total. The summed E-state index contributed by atoms with van der Waals surface area (Å²) in [5.74, 6) is 0.176. The van der Waals surface area contributed by atoms with Gasteiger partial charge in [0, 0.05) is 62.3 Å². The highest BCUT2D eigenvalue weighted by molar-refractivity contribution is 6.35. The number of hydrogen-bond donors (Lipinski definition) is 2. The zero-order chi connectivity index (χ0) is 22.6. The van der Waals surface area contributed by atoms with Gasteiger partial charge in [0.05, 0.1) is 19.7 Å². The quantitative estimate of drug-likeness (QED) is 0.456. The van der Waals surface area contributed by atoms with E-state index >= 15 is 0 Å². The van der Waals surface area contributed by atoms with Crippen molar-refractivity contribution in [2.45, 2.75) is 25.7 Å². The third-order valence-corrected chi connectivity index (χ3v) is 5.98. The number of ether oxygens (including phenoxy) is 1. The summed E-state index contributed by atoms with van der Waals surface area (Å²) in [5.41, 5.74) is 1.02. The molecule has 9 heteroatoms. The van der Waals surface area contributed by atoms with Gasteiger partial charge in [-0.3, -0.25) is 19.4 Å². The Bertz CT molecular complexity index is 712. The van der Waals surface area contributed by atoms with Gasteiger partial charge in [-0.15, -0.1) is 0 Å². The van der Waals surface area contributed by atoms with Crippen molar-refractivity contribution in [3.05, 3.63) is 33.8 Å². The highest BCUT2D eigenvalue weighted by Crippen LogP contribution is 2.30. The summed E-state index contributed by atoms with van der Waals surface area (Å²) in [6.45, 7) is 7.51. The first-order valence-electron chi connectivity index (χ1n) is 10.8. The SMILES string of the molecule is CCC[C@@H](CNC(=O)CN1CCN(CC(=O)NCCOC)CC1)c1ccc(Cl)cc1Cl. The topological polar surface area (TPSA) is 73.9 Å². The van der Waals surface area contributed by atoms with Crippen molar-refractivity contribution in [3.8, 4) is 0 Å². The number of hydrogen-bond acceptors (Lipinski definition) is 5. The molecule has 7 nitrogen and oxygen atoms in total. The van der Waals surface area contributed by atoms with Gasteiger partial charge >= 0.3 is 0 Å². The van der Waals surface area contributed by atoms with Crippen LogP contribution in [0.4, 0.5) is 0 Å². The molecule has 31 heavy (non-hydrogen) atoms. The van der Waals surface area contributed by atoms with E-state index in [1.54, 1.807) is 13.2 Å². The average molecular weight is 473 g/mol. The highest BCUT2D eigenvalue weighted by Gasteiger charge is 2.21. The minimum atomic E-state index is 0.00562. The molecule has 174 valence electrons. The van der Waals surface area contributed by atoms with Gasteiger partial charge < -0.3 is 15.4 Å². The minimum absolute atomic E-state index is 0.00562. The van der Waals surface area contributed by atoms with Gasteiger partial charge in [-0.2, -0.15) is 0 Å². The molecule has 1 fully saturated rings. The summed E-state index contributed by atoms with van der Waals surface area (Å²) in [5, 5.41) is 7.15. The van der Waals surface area contributed by atoms with Gasteiger partial charge in [0.1, 0.15) is 0 Å². The second-order valence-electron chi connectivity index (χ2n) is 7.85. The van der Waals surface area contributed by atoms with E-state index < -0.39 is 0 Å². The molecule has 0 aliphatic carbocycles. The van der Waals surface area contributed by atoms with E-state index in [2.05, 4.69) is 27.4 Å². The maximum atomic E-state index is 12.5. The number of halogens is 2. The Morgan fingerprint density at radius 1 is 1.06 bits per heavy atom. The van der Waals surface area contributed by atoms with Crippen LogP contribution in [0.1, 0.15) is 31.2 Å². The van der Waals surface area contributed by atoms with Gasteiger partial charge in [0.15, 0.2) is 0 Å². The molecule has 0 unspecified atom stereocenters. The average Bonchev–Trinajstić information content (AvgIpc) is 2.73. The lowest BCUT2D eigenvalue weighted by atomic mass is 9.94. The maximum Gasteiger partial charge on any atom is 0.234 e. The molecule has 0 aromatic heterocycles. The summed E-state index contributed by atoms with van der Waals surface area (Å²) in [7, 11) is 1.61. The molecule has 1 saturated heterocycles. The van der Waals surface area contributed by atoms with Crippen LogP contribution in [0.25, 0.3) is 0 Å². The van der Waals surface area contributed by atoms with E-state index in [1.807, 2.05) is 12.1 Å². The molecule has 2 rings (SSSR count). The van der Waals surface area contributed by atoms with Gasteiger partial charge in [-0.1, -0.05) is 42.6 Å². The highest BCUT2D eigenvalue weighted by atomic mass is 35.5. The van der Waals surface area contributed by atoms with Crippen molar-refractivity contribution in [1.29, 1.82) is 0 Å². The van der Waals surface area contributed by atoms with Gasteiger partial charge in [0.25, 0.3) is 0 Å². The maximum absolute atomic E-state index is 12.5. The molecule has 1 aromatic rings. The van der Waals surface area contributed by atoms with Crippen molar-refractivity contribution in [3.63, 3.8) is 0 Å². The number of methoxy groups -OCH3 is 1. The zero-order valence-corrected chi connectivity index (χ0v) is 20.0. The van der Waals surface area contributed by atoms with E-state index in [0.29, 0.717) is 42.8 Å². The Morgan fingerprint density at radius 2 is 1.68 bits per heavy atom. The fourth-order valence-electron chi connectivity index (χ4n) is 3.70. The molecule has 1 heterocycles. The van der Waals surface area contributed by atoms with Gasteiger partial charge in [0.2, 0.25) is 11.8 Å². The largest absolute Gasteiger partial charge is 0.383 e. The molecular weight excluding hydrogens is 439 g/mol. The molecular formula is C22H34Cl2N4O3. The van der Waals surface area contributed by atoms with E-state index in [0.717, 1.165) is 44.6 Å². The Hall–Kier alpha value is -1.38. The molecule has 1 aliphatic rings. The normalized spacial score (nSPS) is 16.1. The van der Waals surface area contributed by atoms with Crippen molar-refractivity contribution >= 4 is 35.0 Å². The predicted molar refractivity (Wildman–Crippen MR) is 125 cm³/mol. The smallest absolute Gasteiger partial charge is 0.234 e. The summed E-state index contributed by atoms with van der Waals surface area (Å²) in [4.78, 5) is 28.6. The lowest BCUT2D eigenvalue weighted by Gasteiger charge is -2.33. The Balaban J connectivity index is 1.73. The van der Waals surface area contributed by atoms with Crippen LogP contribution < -0.4 is 10.6 Å². The number of rotatable bonds is 12. The van der Waals surface area contributed by atoms with Crippen molar-refractivity contribution in [1.82, 2.24) is 20.4 Å². The van der Waals surface area contributed by atoms with Crippen molar-refractivity contribution < 1.29 is 14.3 Å². The molecule has 1 aliphatic heterocycles. The second-order valence-corrected chi connectivity index (χ2v) is 8.69. The lowest BCUT2D eigenvalue weighted by Crippen LogP contribution is -2.51. The molecule has 1 atom stereocenters. The summed E-state index contributed by atoms with van der Waals surface area (Å²) < 4.78 is 4.93. The minimum Gasteiger partial charge on any atom is -0.383 e. The monoisotopic (exact) mass is 472 g/mol. The van der Waals surface area contributed by atoms with E-state index in [4.69, 9.17) is 27.9 Å². The van der Waals surface area contributed by atoms with Gasteiger partial charge in [-0.05, 0) is 24.1 Å².